The average Bonchev–Trinajstić information content (AvgIpc) is 3.13. The molecule has 5 nitrogen and oxygen atoms in total. The molecule has 4 aromatic rings. The van der Waals surface area contributed by atoms with Gasteiger partial charge in [-0.1, -0.05) is 23.4 Å². The van der Waals surface area contributed by atoms with Crippen molar-refractivity contribution in [1.29, 1.82) is 0 Å². The lowest BCUT2D eigenvalue weighted by Crippen LogP contribution is -1.99. The lowest BCUT2D eigenvalue weighted by molar-refractivity contribution is 0.302. The number of aromatic nitrogens is 4. The Morgan fingerprint density at radius 3 is 2.67 bits per heavy atom. The van der Waals surface area contributed by atoms with Crippen molar-refractivity contribution in [3.05, 3.63) is 72.3 Å². The molecule has 0 unspecified atom stereocenters. The van der Waals surface area contributed by atoms with E-state index in [1.54, 1.807) is 18.3 Å². The van der Waals surface area contributed by atoms with Crippen LogP contribution in [0, 0.1) is 5.82 Å². The van der Waals surface area contributed by atoms with E-state index in [-0.39, 0.29) is 12.4 Å². The third kappa shape index (κ3) is 2.81. The minimum atomic E-state index is -0.287. The highest BCUT2D eigenvalue weighted by Crippen LogP contribution is 2.32. The number of H-pyrrole nitrogens is 1. The maximum atomic E-state index is 13.2. The van der Waals surface area contributed by atoms with Gasteiger partial charge in [0.15, 0.2) is 0 Å². The number of nitrogens with zero attached hydrogens (tertiary/aromatic N) is 3. The monoisotopic (exact) mass is 320 g/mol. The molecule has 0 amide bonds. The highest BCUT2D eigenvalue weighted by Gasteiger charge is 2.12. The molecule has 0 radical (unpaired) electrons. The van der Waals surface area contributed by atoms with Gasteiger partial charge in [0, 0.05) is 17.1 Å². The molecule has 0 aliphatic rings. The normalized spacial score (nSPS) is 10.9. The molecule has 4 rings (SSSR count). The molecular weight excluding hydrogens is 307 g/mol. The highest BCUT2D eigenvalue weighted by atomic mass is 19.1. The highest BCUT2D eigenvalue weighted by molar-refractivity contribution is 5.84. The Labute approximate surface area is 137 Å². The number of fused-ring (bicyclic) bond motifs is 1. The Hall–Kier alpha value is -3.28. The molecule has 0 aliphatic carbocycles. The number of hydrogen-bond acceptors (Lipinski definition) is 4. The van der Waals surface area contributed by atoms with E-state index in [1.165, 1.54) is 12.1 Å². The number of rotatable bonds is 4. The van der Waals surface area contributed by atoms with Crippen molar-refractivity contribution < 1.29 is 9.13 Å². The Balaban J connectivity index is 1.79. The van der Waals surface area contributed by atoms with Crippen molar-refractivity contribution in [3.63, 3.8) is 0 Å². The summed E-state index contributed by atoms with van der Waals surface area (Å²) in [5, 5.41) is 11.2. The summed E-state index contributed by atoms with van der Waals surface area (Å²) in [5.41, 5.74) is 2.99. The molecular formula is C18H13FN4O. The SMILES string of the molecule is Fc1ccc(-c2nc3ccccc3cc2OCc2c[nH]nn2)cc1. The van der Waals surface area contributed by atoms with E-state index in [2.05, 4.69) is 20.4 Å². The van der Waals surface area contributed by atoms with Crippen LogP contribution in [0.4, 0.5) is 4.39 Å². The van der Waals surface area contributed by atoms with Crippen LogP contribution in [0.25, 0.3) is 22.2 Å². The van der Waals surface area contributed by atoms with Crippen LogP contribution in [-0.2, 0) is 6.61 Å². The van der Waals surface area contributed by atoms with E-state index in [4.69, 9.17) is 4.74 Å². The number of hydrogen-bond donors (Lipinski definition) is 1. The third-order valence-corrected chi connectivity index (χ3v) is 3.65. The van der Waals surface area contributed by atoms with Crippen LogP contribution in [0.2, 0.25) is 0 Å². The standard InChI is InChI=1S/C18H13FN4O/c19-14-7-5-12(6-8-14)18-17(24-11-15-10-20-23-22-15)9-13-3-1-2-4-16(13)21-18/h1-10H,11H2,(H,20,22,23). The molecule has 2 heterocycles. The van der Waals surface area contributed by atoms with Gasteiger partial charge >= 0.3 is 0 Å². The van der Waals surface area contributed by atoms with E-state index in [1.807, 2.05) is 30.3 Å². The molecule has 2 aromatic heterocycles. The molecule has 0 spiro atoms. The smallest absolute Gasteiger partial charge is 0.146 e. The maximum Gasteiger partial charge on any atom is 0.146 e. The van der Waals surface area contributed by atoms with Gasteiger partial charge in [0.25, 0.3) is 0 Å². The van der Waals surface area contributed by atoms with Crippen LogP contribution >= 0.6 is 0 Å². The second kappa shape index (κ2) is 6.08. The molecule has 2 aromatic carbocycles. The minimum absolute atomic E-state index is 0.269. The molecule has 0 atom stereocenters. The van der Waals surface area contributed by atoms with E-state index in [0.29, 0.717) is 17.1 Å². The first-order chi connectivity index (χ1) is 11.8. The molecule has 118 valence electrons. The second-order valence-electron chi connectivity index (χ2n) is 5.29. The van der Waals surface area contributed by atoms with Gasteiger partial charge in [0.2, 0.25) is 0 Å². The summed E-state index contributed by atoms with van der Waals surface area (Å²) in [5.74, 6) is 0.327. The van der Waals surface area contributed by atoms with Crippen LogP contribution in [0.3, 0.4) is 0 Å². The van der Waals surface area contributed by atoms with E-state index in [9.17, 15) is 4.39 Å². The summed E-state index contributed by atoms with van der Waals surface area (Å²) >= 11 is 0. The third-order valence-electron chi connectivity index (χ3n) is 3.65. The topological polar surface area (TPSA) is 63.7 Å². The average molecular weight is 320 g/mol. The predicted octanol–water partition coefficient (Wildman–Crippen LogP) is 3.74. The van der Waals surface area contributed by atoms with Gasteiger partial charge in [-0.05, 0) is 36.4 Å². The van der Waals surface area contributed by atoms with Crippen LogP contribution in [-0.4, -0.2) is 20.4 Å². The molecule has 24 heavy (non-hydrogen) atoms. The largest absolute Gasteiger partial charge is 0.485 e. The number of ether oxygens (including phenoxy) is 1. The summed E-state index contributed by atoms with van der Waals surface area (Å²) < 4.78 is 19.1. The van der Waals surface area contributed by atoms with Crippen molar-refractivity contribution in [1.82, 2.24) is 20.4 Å². The Morgan fingerprint density at radius 1 is 1.04 bits per heavy atom. The lowest BCUT2D eigenvalue weighted by Gasteiger charge is -2.12. The zero-order valence-electron chi connectivity index (χ0n) is 12.6. The molecule has 0 bridgehead atoms. The number of benzene rings is 2. The fourth-order valence-corrected chi connectivity index (χ4v) is 2.47. The van der Waals surface area contributed by atoms with E-state index >= 15 is 0 Å². The Morgan fingerprint density at radius 2 is 1.88 bits per heavy atom. The van der Waals surface area contributed by atoms with Crippen molar-refractivity contribution in [2.75, 3.05) is 0 Å². The molecule has 0 saturated heterocycles. The zero-order chi connectivity index (χ0) is 16.4. The minimum Gasteiger partial charge on any atom is -0.485 e. The van der Waals surface area contributed by atoms with Crippen molar-refractivity contribution in [2.24, 2.45) is 0 Å². The zero-order valence-corrected chi connectivity index (χ0v) is 12.6. The van der Waals surface area contributed by atoms with Gasteiger partial charge in [0.1, 0.15) is 29.6 Å². The number of halogens is 1. The van der Waals surface area contributed by atoms with Crippen LogP contribution in [0.5, 0.6) is 5.75 Å². The Kier molecular flexibility index (Phi) is 3.63. The molecule has 6 heteroatoms. The molecule has 0 aliphatic heterocycles. The first-order valence-electron chi connectivity index (χ1n) is 7.43. The quantitative estimate of drug-likeness (QED) is 0.622. The second-order valence-corrected chi connectivity index (χ2v) is 5.29. The van der Waals surface area contributed by atoms with E-state index in [0.717, 1.165) is 16.5 Å². The first kappa shape index (κ1) is 14.3. The van der Waals surface area contributed by atoms with Crippen LogP contribution < -0.4 is 4.74 Å². The molecule has 0 saturated carbocycles. The molecule has 0 fully saturated rings. The number of nitrogens with one attached hydrogen (secondary N) is 1. The van der Waals surface area contributed by atoms with Crippen LogP contribution in [0.15, 0.2) is 60.8 Å². The number of para-hydroxylation sites is 1. The number of aromatic amines is 1. The first-order valence-corrected chi connectivity index (χ1v) is 7.43. The summed E-state index contributed by atoms with van der Waals surface area (Å²) in [4.78, 5) is 4.68. The lowest BCUT2D eigenvalue weighted by atomic mass is 10.1. The van der Waals surface area contributed by atoms with Crippen LogP contribution in [0.1, 0.15) is 5.69 Å². The summed E-state index contributed by atoms with van der Waals surface area (Å²) in [7, 11) is 0. The van der Waals surface area contributed by atoms with Crippen molar-refractivity contribution in [3.8, 4) is 17.0 Å². The summed E-state index contributed by atoms with van der Waals surface area (Å²) in [6, 6.07) is 15.9. The van der Waals surface area contributed by atoms with Crippen molar-refractivity contribution >= 4 is 10.9 Å². The summed E-state index contributed by atoms with van der Waals surface area (Å²) in [6.07, 6.45) is 1.67. The summed E-state index contributed by atoms with van der Waals surface area (Å²) in [6.45, 7) is 0.269. The van der Waals surface area contributed by atoms with Gasteiger partial charge in [-0.2, -0.15) is 0 Å². The van der Waals surface area contributed by atoms with Crippen molar-refractivity contribution in [2.45, 2.75) is 6.61 Å². The molecule has 1 N–H and O–H groups in total. The fourth-order valence-electron chi connectivity index (χ4n) is 2.47. The van der Waals surface area contributed by atoms with Gasteiger partial charge in [-0.25, -0.2) is 9.37 Å². The van der Waals surface area contributed by atoms with E-state index < -0.39 is 0 Å². The van der Waals surface area contributed by atoms with Gasteiger partial charge in [-0.15, -0.1) is 5.10 Å². The fraction of sp³-hybridized carbons (Fsp3) is 0.0556. The Bertz CT molecular complexity index is 968. The maximum absolute atomic E-state index is 13.2. The van der Waals surface area contributed by atoms with Gasteiger partial charge in [-0.3, -0.25) is 5.10 Å². The predicted molar refractivity (Wildman–Crippen MR) is 87.9 cm³/mol. The van der Waals surface area contributed by atoms with Gasteiger partial charge in [0.05, 0.1) is 5.52 Å². The number of pyridine rings is 1. The van der Waals surface area contributed by atoms with Gasteiger partial charge < -0.3 is 4.74 Å².